The van der Waals surface area contributed by atoms with Crippen molar-refractivity contribution in [3.63, 3.8) is 0 Å². The maximum Gasteiger partial charge on any atom is 0.247 e. The molecule has 0 saturated carbocycles. The maximum atomic E-state index is 12.7. The molecule has 2 heterocycles. The molecule has 2 amide bonds. The molecule has 1 aromatic carbocycles. The molecule has 1 fully saturated rings. The third kappa shape index (κ3) is 6.01. The molecule has 2 aliphatic heterocycles. The van der Waals surface area contributed by atoms with Gasteiger partial charge in [-0.15, -0.1) is 0 Å². The van der Waals surface area contributed by atoms with Crippen molar-refractivity contribution < 1.29 is 14.3 Å². The fourth-order valence-corrected chi connectivity index (χ4v) is 4.18. The number of nitrogens with one attached hydrogen (secondary N) is 2. The van der Waals surface area contributed by atoms with Crippen LogP contribution in [0.15, 0.2) is 30.0 Å². The highest BCUT2D eigenvalue weighted by Gasteiger charge is 2.29. The van der Waals surface area contributed by atoms with Gasteiger partial charge < -0.3 is 25.2 Å². The zero-order chi connectivity index (χ0) is 23.1. The number of likely N-dealkylation sites (N-methyl/N-ethyl adjacent to an activating group) is 1. The van der Waals surface area contributed by atoms with Crippen LogP contribution < -0.4 is 15.4 Å². The van der Waals surface area contributed by atoms with Gasteiger partial charge >= 0.3 is 0 Å². The molecular weight excluding hydrogens is 406 g/mol. The van der Waals surface area contributed by atoms with E-state index in [0.29, 0.717) is 18.8 Å². The van der Waals surface area contributed by atoms with E-state index in [1.807, 2.05) is 25.1 Å². The maximum absolute atomic E-state index is 12.7. The van der Waals surface area contributed by atoms with Crippen molar-refractivity contribution in [2.24, 2.45) is 0 Å². The van der Waals surface area contributed by atoms with Crippen molar-refractivity contribution in [2.75, 3.05) is 58.2 Å². The summed E-state index contributed by atoms with van der Waals surface area (Å²) >= 11 is 0. The van der Waals surface area contributed by atoms with Gasteiger partial charge in [-0.05, 0) is 45.0 Å². The zero-order valence-corrected chi connectivity index (χ0v) is 19.8. The van der Waals surface area contributed by atoms with Crippen molar-refractivity contribution in [1.82, 2.24) is 20.0 Å². The standard InChI is InChI=1S/C24H37N5O3/c1-5-14-32-21-9-8-18(25-23(31)17-28-12-10-27(4)11-13-28)15-20(21)24-26-22(30)16-19(6-2)29(24)7-3/h8-9,15-16,24H,5-7,10-14,17H2,1-4H3,(H,25,31)(H,26,30). The Balaban J connectivity index is 1.81. The Kier molecular flexibility index (Phi) is 8.53. The van der Waals surface area contributed by atoms with E-state index in [1.165, 1.54) is 0 Å². The van der Waals surface area contributed by atoms with Crippen molar-refractivity contribution in [3.8, 4) is 5.75 Å². The van der Waals surface area contributed by atoms with E-state index in [1.54, 1.807) is 6.08 Å². The Morgan fingerprint density at radius 2 is 1.94 bits per heavy atom. The minimum absolute atomic E-state index is 0.0306. The summed E-state index contributed by atoms with van der Waals surface area (Å²) in [5.41, 5.74) is 2.55. The van der Waals surface area contributed by atoms with Crippen molar-refractivity contribution in [2.45, 2.75) is 39.8 Å². The van der Waals surface area contributed by atoms with Crippen LogP contribution in [0.1, 0.15) is 45.3 Å². The fraction of sp³-hybridized carbons (Fsp3) is 0.583. The highest BCUT2D eigenvalue weighted by Crippen LogP contribution is 2.34. The van der Waals surface area contributed by atoms with Gasteiger partial charge in [0, 0.05) is 55.7 Å². The zero-order valence-electron chi connectivity index (χ0n) is 19.8. The number of hydrogen-bond donors (Lipinski definition) is 2. The van der Waals surface area contributed by atoms with Gasteiger partial charge in [0.25, 0.3) is 0 Å². The number of benzene rings is 1. The topological polar surface area (TPSA) is 77.1 Å². The Labute approximate surface area is 191 Å². The summed E-state index contributed by atoms with van der Waals surface area (Å²) in [5, 5.41) is 6.11. The number of allylic oxidation sites excluding steroid dienone is 1. The number of carbonyl (C=O) groups excluding carboxylic acids is 2. The summed E-state index contributed by atoms with van der Waals surface area (Å²) in [6.07, 6.45) is 2.98. The fourth-order valence-electron chi connectivity index (χ4n) is 4.18. The minimum atomic E-state index is -0.339. The predicted molar refractivity (Wildman–Crippen MR) is 126 cm³/mol. The predicted octanol–water partition coefficient (Wildman–Crippen LogP) is 2.41. The quantitative estimate of drug-likeness (QED) is 0.610. The van der Waals surface area contributed by atoms with E-state index in [2.05, 4.69) is 46.2 Å². The van der Waals surface area contributed by atoms with Gasteiger partial charge in [-0.25, -0.2) is 0 Å². The number of rotatable bonds is 9. The lowest BCUT2D eigenvalue weighted by Gasteiger charge is -2.38. The smallest absolute Gasteiger partial charge is 0.247 e. The van der Waals surface area contributed by atoms with Gasteiger partial charge in [0.15, 0.2) is 0 Å². The van der Waals surface area contributed by atoms with Crippen molar-refractivity contribution in [3.05, 3.63) is 35.5 Å². The molecule has 1 aromatic rings. The van der Waals surface area contributed by atoms with Crippen LogP contribution in [-0.4, -0.2) is 79.4 Å². The molecular formula is C24H37N5O3. The van der Waals surface area contributed by atoms with Crippen LogP contribution in [0.5, 0.6) is 5.75 Å². The monoisotopic (exact) mass is 443 g/mol. The molecule has 8 heteroatoms. The average molecular weight is 444 g/mol. The number of piperazine rings is 1. The van der Waals surface area contributed by atoms with Gasteiger partial charge in [-0.2, -0.15) is 0 Å². The average Bonchev–Trinajstić information content (AvgIpc) is 2.79. The first kappa shape index (κ1) is 24.1. The molecule has 1 atom stereocenters. The Morgan fingerprint density at radius 3 is 2.59 bits per heavy atom. The molecule has 1 unspecified atom stereocenters. The van der Waals surface area contributed by atoms with Crippen LogP contribution in [0.2, 0.25) is 0 Å². The third-order valence-electron chi connectivity index (χ3n) is 5.97. The molecule has 2 N–H and O–H groups in total. The highest BCUT2D eigenvalue weighted by atomic mass is 16.5. The molecule has 176 valence electrons. The minimum Gasteiger partial charge on any atom is -0.493 e. The lowest BCUT2D eigenvalue weighted by atomic mass is 10.0. The number of anilines is 1. The van der Waals surface area contributed by atoms with Crippen LogP contribution in [0.25, 0.3) is 0 Å². The summed E-state index contributed by atoms with van der Waals surface area (Å²) < 4.78 is 6.01. The second-order valence-electron chi connectivity index (χ2n) is 8.42. The van der Waals surface area contributed by atoms with Crippen LogP contribution >= 0.6 is 0 Å². The normalized spacial score (nSPS) is 20.0. The Morgan fingerprint density at radius 1 is 1.19 bits per heavy atom. The summed E-state index contributed by atoms with van der Waals surface area (Å²) in [6, 6.07) is 5.69. The van der Waals surface area contributed by atoms with E-state index in [4.69, 9.17) is 4.74 Å². The molecule has 32 heavy (non-hydrogen) atoms. The van der Waals surface area contributed by atoms with Gasteiger partial charge in [-0.1, -0.05) is 13.8 Å². The van der Waals surface area contributed by atoms with Crippen LogP contribution in [0.3, 0.4) is 0 Å². The molecule has 0 aromatic heterocycles. The first-order chi connectivity index (χ1) is 15.4. The SMILES string of the molecule is CCCOc1ccc(NC(=O)CN2CCN(C)CC2)cc1C1NC(=O)C=C(CC)N1CC. The molecule has 1 saturated heterocycles. The molecule has 0 radical (unpaired) electrons. The molecule has 0 spiro atoms. The number of ether oxygens (including phenoxy) is 1. The van der Waals surface area contributed by atoms with E-state index >= 15 is 0 Å². The molecule has 0 bridgehead atoms. The number of amides is 2. The van der Waals surface area contributed by atoms with E-state index in [0.717, 1.165) is 62.6 Å². The lowest BCUT2D eigenvalue weighted by Crippen LogP contribution is -2.47. The largest absolute Gasteiger partial charge is 0.493 e. The molecule has 2 aliphatic rings. The second-order valence-corrected chi connectivity index (χ2v) is 8.42. The van der Waals surface area contributed by atoms with Gasteiger partial charge in [-0.3, -0.25) is 14.5 Å². The van der Waals surface area contributed by atoms with Crippen molar-refractivity contribution in [1.29, 1.82) is 0 Å². The molecule has 0 aliphatic carbocycles. The van der Waals surface area contributed by atoms with Crippen LogP contribution in [0, 0.1) is 0 Å². The first-order valence-electron chi connectivity index (χ1n) is 11.7. The van der Waals surface area contributed by atoms with Gasteiger partial charge in [0.1, 0.15) is 11.9 Å². The number of nitrogens with zero attached hydrogens (tertiary/aromatic N) is 3. The summed E-state index contributed by atoms with van der Waals surface area (Å²) in [4.78, 5) is 31.7. The summed E-state index contributed by atoms with van der Waals surface area (Å²) in [5.74, 6) is 0.587. The van der Waals surface area contributed by atoms with Gasteiger partial charge in [0.05, 0.1) is 13.2 Å². The number of hydrogen-bond acceptors (Lipinski definition) is 6. The highest BCUT2D eigenvalue weighted by molar-refractivity contribution is 5.92. The summed E-state index contributed by atoms with van der Waals surface area (Å²) in [6.45, 7) is 11.6. The number of carbonyl (C=O) groups is 2. The molecule has 8 nitrogen and oxygen atoms in total. The third-order valence-corrected chi connectivity index (χ3v) is 5.97. The molecule has 3 rings (SSSR count). The van der Waals surface area contributed by atoms with E-state index in [-0.39, 0.29) is 18.0 Å². The van der Waals surface area contributed by atoms with Crippen molar-refractivity contribution >= 4 is 17.5 Å². The second kappa shape index (κ2) is 11.3. The Bertz CT molecular complexity index is 833. The first-order valence-corrected chi connectivity index (χ1v) is 11.7. The summed E-state index contributed by atoms with van der Waals surface area (Å²) in [7, 11) is 2.10. The lowest BCUT2D eigenvalue weighted by molar-refractivity contribution is -0.119. The van der Waals surface area contributed by atoms with Gasteiger partial charge in [0.2, 0.25) is 11.8 Å². The van der Waals surface area contributed by atoms with E-state index < -0.39 is 0 Å². The van der Waals surface area contributed by atoms with Crippen LogP contribution in [-0.2, 0) is 9.59 Å². The van der Waals surface area contributed by atoms with E-state index in [9.17, 15) is 9.59 Å². The van der Waals surface area contributed by atoms with Crippen LogP contribution in [0.4, 0.5) is 5.69 Å². The Hall–Kier alpha value is -2.58.